The van der Waals surface area contributed by atoms with E-state index >= 15 is 0 Å². The van der Waals surface area contributed by atoms with E-state index in [0.717, 1.165) is 29.5 Å². The third-order valence-electron chi connectivity index (χ3n) is 5.84. The van der Waals surface area contributed by atoms with Crippen LogP contribution >= 0.6 is 11.9 Å². The zero-order valence-electron chi connectivity index (χ0n) is 21.4. The maximum atomic E-state index is 14.5. The maximum Gasteiger partial charge on any atom is 0.423 e. The molecule has 0 bridgehead atoms. The molecular formula is C24H31F5N6O2S. The molecule has 0 radical (unpaired) electrons. The molecule has 2 rings (SSSR count). The van der Waals surface area contributed by atoms with Crippen LogP contribution in [0, 0.1) is 12.8 Å². The molecule has 38 heavy (non-hydrogen) atoms. The van der Waals surface area contributed by atoms with Crippen LogP contribution in [0.1, 0.15) is 24.5 Å². The fraction of sp³-hybridized carbons (Fsp3) is 0.458. The van der Waals surface area contributed by atoms with E-state index in [4.69, 9.17) is 11.5 Å². The Kier molecular flexibility index (Phi) is 10.6. The summed E-state index contributed by atoms with van der Waals surface area (Å²) in [7, 11) is 2.48. The van der Waals surface area contributed by atoms with Crippen LogP contribution < -0.4 is 16.3 Å². The van der Waals surface area contributed by atoms with Crippen molar-refractivity contribution in [2.75, 3.05) is 26.5 Å². The summed E-state index contributed by atoms with van der Waals surface area (Å²) >= 11 is 0.844. The molecule has 1 fully saturated rings. The summed E-state index contributed by atoms with van der Waals surface area (Å²) in [6, 6.07) is 6.41. The van der Waals surface area contributed by atoms with Crippen LogP contribution in [-0.2, 0) is 9.53 Å². The minimum atomic E-state index is -4.80. The minimum absolute atomic E-state index is 0.0418. The van der Waals surface area contributed by atoms with Crippen molar-refractivity contribution in [3.05, 3.63) is 52.5 Å². The highest BCUT2D eigenvalue weighted by Gasteiger charge is 2.46. The van der Waals surface area contributed by atoms with E-state index in [2.05, 4.69) is 19.7 Å². The monoisotopic (exact) mass is 562 g/mol. The summed E-state index contributed by atoms with van der Waals surface area (Å²) in [4.78, 5) is 20.8. The van der Waals surface area contributed by atoms with Crippen LogP contribution in [0.15, 0.2) is 51.5 Å². The minimum Gasteiger partial charge on any atom is -0.482 e. The van der Waals surface area contributed by atoms with Crippen molar-refractivity contribution in [3.8, 4) is 0 Å². The summed E-state index contributed by atoms with van der Waals surface area (Å²) in [6.07, 6.45) is -3.43. The molecule has 1 amide bonds. The predicted octanol–water partition coefficient (Wildman–Crippen LogP) is 3.84. The zero-order valence-corrected chi connectivity index (χ0v) is 22.2. The van der Waals surface area contributed by atoms with Crippen LogP contribution in [-0.4, -0.2) is 67.8 Å². The first-order valence-corrected chi connectivity index (χ1v) is 12.4. The molecule has 5 N–H and O–H groups in total. The van der Waals surface area contributed by atoms with E-state index in [1.165, 1.54) is 13.3 Å². The van der Waals surface area contributed by atoms with E-state index in [0.29, 0.717) is 11.8 Å². The molecule has 0 saturated carbocycles. The quantitative estimate of drug-likeness (QED) is 0.0801. The first-order valence-electron chi connectivity index (χ1n) is 11.4. The number of aryl methyl sites for hydroxylation is 1. The molecule has 210 valence electrons. The molecule has 2 atom stereocenters. The van der Waals surface area contributed by atoms with Crippen LogP contribution in [0.25, 0.3) is 5.57 Å². The number of aliphatic imine (C=N–C) groups is 1. The second-order valence-electron chi connectivity index (χ2n) is 8.76. The molecule has 1 heterocycles. The number of hydrogen-bond donors (Lipinski definition) is 3. The molecule has 2 unspecified atom stereocenters. The third-order valence-corrected chi connectivity index (χ3v) is 6.58. The lowest BCUT2D eigenvalue weighted by atomic mass is 9.89. The Morgan fingerprint density at radius 1 is 1.26 bits per heavy atom. The SMILES string of the molecule is CN=CC(=C(N)C(=O)N1CC(F)(F)CC(C)C1CSNN=CC(=C(N)OC)C(F)(F)F)c1ccc(C)cc1. The van der Waals surface area contributed by atoms with Crippen LogP contribution in [0.3, 0.4) is 0 Å². The number of nitrogens with two attached hydrogens (primary N) is 2. The van der Waals surface area contributed by atoms with Gasteiger partial charge in [-0.05, 0) is 30.4 Å². The molecule has 1 saturated heterocycles. The Labute approximate surface area is 222 Å². The Balaban J connectivity index is 2.28. The van der Waals surface area contributed by atoms with Crippen LogP contribution in [0.2, 0.25) is 0 Å². The second kappa shape index (κ2) is 13.0. The van der Waals surface area contributed by atoms with Crippen molar-refractivity contribution in [1.29, 1.82) is 0 Å². The van der Waals surface area contributed by atoms with Crippen LogP contribution in [0.4, 0.5) is 22.0 Å². The van der Waals surface area contributed by atoms with Crippen molar-refractivity contribution >= 4 is 35.9 Å². The average molecular weight is 563 g/mol. The van der Waals surface area contributed by atoms with E-state index in [1.54, 1.807) is 19.1 Å². The van der Waals surface area contributed by atoms with E-state index in [9.17, 15) is 26.7 Å². The van der Waals surface area contributed by atoms with Crippen molar-refractivity contribution in [3.63, 3.8) is 0 Å². The summed E-state index contributed by atoms with van der Waals surface area (Å²) < 4.78 is 72.7. The van der Waals surface area contributed by atoms with E-state index in [-0.39, 0.29) is 17.0 Å². The number of ether oxygens (including phenoxy) is 1. The number of methoxy groups -OCH3 is 1. The molecule has 1 aromatic carbocycles. The predicted molar refractivity (Wildman–Crippen MR) is 139 cm³/mol. The summed E-state index contributed by atoms with van der Waals surface area (Å²) in [5, 5.41) is 3.50. The van der Waals surface area contributed by atoms with Crippen molar-refractivity contribution in [2.45, 2.75) is 38.4 Å². The van der Waals surface area contributed by atoms with Crippen molar-refractivity contribution in [1.82, 2.24) is 9.73 Å². The van der Waals surface area contributed by atoms with Crippen molar-refractivity contribution in [2.24, 2.45) is 27.5 Å². The molecule has 0 aliphatic carbocycles. The highest BCUT2D eigenvalue weighted by atomic mass is 32.2. The number of hydrogen-bond acceptors (Lipinski definition) is 8. The number of hydrazone groups is 1. The second-order valence-corrected chi connectivity index (χ2v) is 9.56. The number of carbonyl (C=O) groups is 1. The highest BCUT2D eigenvalue weighted by molar-refractivity contribution is 7.97. The molecule has 1 aromatic rings. The number of piperidine rings is 1. The Morgan fingerprint density at radius 3 is 2.45 bits per heavy atom. The zero-order chi connectivity index (χ0) is 28.7. The van der Waals surface area contributed by atoms with Gasteiger partial charge in [-0.2, -0.15) is 18.3 Å². The topological polar surface area (TPSA) is 118 Å². The van der Waals surface area contributed by atoms with Gasteiger partial charge in [-0.25, -0.2) is 8.78 Å². The molecule has 0 aromatic heterocycles. The molecule has 0 spiro atoms. The first-order chi connectivity index (χ1) is 17.7. The molecule has 1 aliphatic rings. The normalized spacial score (nSPS) is 21.3. The highest BCUT2D eigenvalue weighted by Crippen LogP contribution is 2.36. The van der Waals surface area contributed by atoms with Crippen molar-refractivity contribution < 1.29 is 31.5 Å². The maximum absolute atomic E-state index is 14.5. The van der Waals surface area contributed by atoms with Gasteiger partial charge in [0, 0.05) is 37.1 Å². The third kappa shape index (κ3) is 8.10. The van der Waals surface area contributed by atoms with Gasteiger partial charge in [-0.15, -0.1) is 0 Å². The number of rotatable bonds is 9. The number of likely N-dealkylation sites (tertiary alicyclic amines) is 1. The van der Waals surface area contributed by atoms with Gasteiger partial charge in [-0.1, -0.05) is 36.8 Å². The standard InChI is InChI=1S/C24H31F5N6O2S/c1-14-5-7-16(8-6-14)17(10-32-3)20(30)22(36)35-13-23(25,26)9-15(2)19(35)12-38-34-33-11-18(21(31)37-4)24(27,28)29/h5-8,10-11,15,19,34H,9,12-13,30-31H2,1-4H3. The van der Waals surface area contributed by atoms with Gasteiger partial charge in [0.15, 0.2) is 5.88 Å². The Morgan fingerprint density at radius 2 is 1.89 bits per heavy atom. The Hall–Kier alpha value is -3.29. The number of nitrogens with zero attached hydrogens (tertiary/aromatic N) is 3. The number of benzene rings is 1. The smallest absolute Gasteiger partial charge is 0.423 e. The van der Waals surface area contributed by atoms with Crippen LogP contribution in [0.5, 0.6) is 0 Å². The molecule has 8 nitrogen and oxygen atoms in total. The molecule has 1 aliphatic heterocycles. The lowest BCUT2D eigenvalue weighted by molar-refractivity contribution is -0.147. The summed E-state index contributed by atoms with van der Waals surface area (Å²) in [5.41, 5.74) is 11.7. The van der Waals surface area contributed by atoms with E-state index in [1.807, 2.05) is 19.1 Å². The van der Waals surface area contributed by atoms with Gasteiger partial charge < -0.3 is 21.1 Å². The summed E-state index contributed by atoms with van der Waals surface area (Å²) in [6.45, 7) is 2.60. The number of nitrogens with one attached hydrogen (secondary N) is 1. The van der Waals surface area contributed by atoms with E-state index < -0.39 is 54.4 Å². The molecular weight excluding hydrogens is 531 g/mol. The van der Waals surface area contributed by atoms with Gasteiger partial charge in [-0.3, -0.25) is 14.6 Å². The van der Waals surface area contributed by atoms with Gasteiger partial charge in [0.25, 0.3) is 11.8 Å². The van der Waals surface area contributed by atoms with Gasteiger partial charge in [0.2, 0.25) is 0 Å². The first kappa shape index (κ1) is 30.9. The largest absolute Gasteiger partial charge is 0.482 e. The average Bonchev–Trinajstić information content (AvgIpc) is 2.83. The number of allylic oxidation sites excluding steroid dienone is 2. The van der Waals surface area contributed by atoms with Gasteiger partial charge in [0.05, 0.1) is 19.9 Å². The Bertz CT molecular complexity index is 1100. The fourth-order valence-electron chi connectivity index (χ4n) is 3.89. The lowest BCUT2D eigenvalue weighted by Gasteiger charge is -2.43. The number of carbonyl (C=O) groups excluding carboxylic acids is 1. The van der Waals surface area contributed by atoms with Gasteiger partial charge in [0.1, 0.15) is 11.3 Å². The number of amides is 1. The molecule has 14 heteroatoms. The lowest BCUT2D eigenvalue weighted by Crippen LogP contribution is -2.57. The number of halogens is 5. The summed E-state index contributed by atoms with van der Waals surface area (Å²) in [5.74, 6) is -5.41. The number of alkyl halides is 5. The fourth-order valence-corrected chi connectivity index (χ4v) is 4.77. The van der Waals surface area contributed by atoms with Gasteiger partial charge >= 0.3 is 6.18 Å².